The minimum absolute atomic E-state index is 0.244. The average Bonchev–Trinajstić information content (AvgIpc) is 3.08. The van der Waals surface area contributed by atoms with Gasteiger partial charge >= 0.3 is 0 Å². The quantitative estimate of drug-likeness (QED) is 0.356. The number of aliphatic hydroxyl groups is 1. The summed E-state index contributed by atoms with van der Waals surface area (Å²) in [7, 11) is 1.83. The van der Waals surface area contributed by atoms with Gasteiger partial charge in [-0.1, -0.05) is 18.2 Å². The fourth-order valence-electron chi connectivity index (χ4n) is 2.54. The zero-order chi connectivity index (χ0) is 19.7. The summed E-state index contributed by atoms with van der Waals surface area (Å²) in [5.74, 6) is 1.60. The summed E-state index contributed by atoms with van der Waals surface area (Å²) in [6.45, 7) is 8.15. The van der Waals surface area contributed by atoms with Crippen molar-refractivity contribution in [1.29, 1.82) is 0 Å². The minimum atomic E-state index is -1.06. The SMILES string of the molecule is CCNC(=NCC(C)(O)c1cnn(C)c1)NCCCOc1ccccc1C. The van der Waals surface area contributed by atoms with E-state index in [2.05, 4.69) is 20.7 Å². The van der Waals surface area contributed by atoms with Crippen LogP contribution in [0.15, 0.2) is 41.7 Å². The molecule has 0 amide bonds. The van der Waals surface area contributed by atoms with Gasteiger partial charge in [-0.25, -0.2) is 4.99 Å². The number of aliphatic imine (C=N–C) groups is 1. The molecule has 0 aliphatic rings. The Hall–Kier alpha value is -2.54. The van der Waals surface area contributed by atoms with E-state index in [1.54, 1.807) is 24.0 Å². The molecule has 7 nitrogen and oxygen atoms in total. The standard InChI is InChI=1S/C20H31N5O2/c1-5-21-19(23-15-20(3,26)17-13-24-25(4)14-17)22-11-8-12-27-18-10-7-6-9-16(18)2/h6-7,9-10,13-14,26H,5,8,11-12,15H2,1-4H3,(H2,21,22,23). The largest absolute Gasteiger partial charge is 0.493 e. The van der Waals surface area contributed by atoms with Gasteiger partial charge in [-0.15, -0.1) is 0 Å². The topological polar surface area (TPSA) is 83.7 Å². The van der Waals surface area contributed by atoms with E-state index in [9.17, 15) is 5.11 Å². The van der Waals surface area contributed by atoms with Gasteiger partial charge < -0.3 is 20.5 Å². The molecule has 2 rings (SSSR count). The number of rotatable bonds is 9. The van der Waals surface area contributed by atoms with Crippen LogP contribution in [0.3, 0.4) is 0 Å². The van der Waals surface area contributed by atoms with E-state index in [0.717, 1.165) is 36.4 Å². The van der Waals surface area contributed by atoms with Crippen LogP contribution in [0, 0.1) is 6.92 Å². The summed E-state index contributed by atoms with van der Waals surface area (Å²) in [5, 5.41) is 21.2. The van der Waals surface area contributed by atoms with Crippen molar-refractivity contribution in [2.45, 2.75) is 32.8 Å². The second-order valence-electron chi connectivity index (χ2n) is 6.77. The van der Waals surface area contributed by atoms with Crippen molar-refractivity contribution in [2.75, 3.05) is 26.2 Å². The summed E-state index contributed by atoms with van der Waals surface area (Å²) in [6, 6.07) is 8.00. The minimum Gasteiger partial charge on any atom is -0.493 e. The predicted molar refractivity (Wildman–Crippen MR) is 108 cm³/mol. The van der Waals surface area contributed by atoms with Crippen molar-refractivity contribution in [2.24, 2.45) is 12.0 Å². The third kappa shape index (κ3) is 6.60. The molecule has 3 N–H and O–H groups in total. The van der Waals surface area contributed by atoms with Gasteiger partial charge in [0.2, 0.25) is 0 Å². The van der Waals surface area contributed by atoms with Gasteiger partial charge in [0.05, 0.1) is 19.3 Å². The number of nitrogens with zero attached hydrogens (tertiary/aromatic N) is 3. The number of aryl methyl sites for hydroxylation is 2. The zero-order valence-electron chi connectivity index (χ0n) is 16.7. The molecule has 0 fully saturated rings. The fourth-order valence-corrected chi connectivity index (χ4v) is 2.54. The number of nitrogens with one attached hydrogen (secondary N) is 2. The summed E-state index contributed by atoms with van der Waals surface area (Å²) in [5.41, 5.74) is 0.819. The fraction of sp³-hybridized carbons (Fsp3) is 0.500. The molecule has 1 heterocycles. The number of ether oxygens (including phenoxy) is 1. The van der Waals surface area contributed by atoms with Gasteiger partial charge in [-0.3, -0.25) is 4.68 Å². The first-order chi connectivity index (χ1) is 12.9. The number of guanidine groups is 1. The lowest BCUT2D eigenvalue weighted by Gasteiger charge is -2.20. The molecular formula is C20H31N5O2. The van der Waals surface area contributed by atoms with Gasteiger partial charge in [0, 0.05) is 31.9 Å². The normalized spacial score (nSPS) is 13.9. The molecular weight excluding hydrogens is 342 g/mol. The van der Waals surface area contributed by atoms with Gasteiger partial charge in [-0.2, -0.15) is 5.10 Å². The molecule has 27 heavy (non-hydrogen) atoms. The highest BCUT2D eigenvalue weighted by Crippen LogP contribution is 2.20. The molecule has 1 unspecified atom stereocenters. The molecule has 148 valence electrons. The molecule has 0 saturated heterocycles. The molecule has 7 heteroatoms. The average molecular weight is 374 g/mol. The Bertz CT molecular complexity index is 739. The smallest absolute Gasteiger partial charge is 0.191 e. The van der Waals surface area contributed by atoms with Crippen molar-refractivity contribution in [3.05, 3.63) is 47.8 Å². The maximum absolute atomic E-state index is 10.6. The van der Waals surface area contributed by atoms with Crippen molar-refractivity contribution in [3.63, 3.8) is 0 Å². The number of hydrogen-bond acceptors (Lipinski definition) is 4. The molecule has 0 aliphatic heterocycles. The van der Waals surface area contributed by atoms with Crippen LogP contribution in [-0.2, 0) is 12.6 Å². The summed E-state index contributed by atoms with van der Waals surface area (Å²) >= 11 is 0. The zero-order valence-corrected chi connectivity index (χ0v) is 16.7. The summed E-state index contributed by atoms with van der Waals surface area (Å²) < 4.78 is 7.48. The Kier molecular flexibility index (Phi) is 7.67. The highest BCUT2D eigenvalue weighted by molar-refractivity contribution is 5.79. The second-order valence-corrected chi connectivity index (χ2v) is 6.77. The van der Waals surface area contributed by atoms with Crippen LogP contribution < -0.4 is 15.4 Å². The molecule has 1 aromatic heterocycles. The Morgan fingerprint density at radius 3 is 2.78 bits per heavy atom. The third-order valence-electron chi connectivity index (χ3n) is 4.18. The molecule has 0 saturated carbocycles. The molecule has 1 atom stereocenters. The maximum Gasteiger partial charge on any atom is 0.191 e. The second kappa shape index (κ2) is 9.97. The predicted octanol–water partition coefficient (Wildman–Crippen LogP) is 1.96. The van der Waals surface area contributed by atoms with Crippen LogP contribution in [-0.4, -0.2) is 47.1 Å². The van der Waals surface area contributed by atoms with Crippen molar-refractivity contribution in [1.82, 2.24) is 20.4 Å². The van der Waals surface area contributed by atoms with Crippen LogP contribution in [0.5, 0.6) is 5.75 Å². The maximum atomic E-state index is 10.6. The molecule has 1 aromatic carbocycles. The highest BCUT2D eigenvalue weighted by Gasteiger charge is 2.24. The van der Waals surface area contributed by atoms with E-state index >= 15 is 0 Å². The van der Waals surface area contributed by atoms with E-state index in [0.29, 0.717) is 12.6 Å². The first kappa shape index (κ1) is 20.8. The molecule has 0 aliphatic carbocycles. The van der Waals surface area contributed by atoms with Gasteiger partial charge in [0.15, 0.2) is 5.96 Å². The molecule has 0 spiro atoms. The van der Waals surface area contributed by atoms with E-state index in [1.165, 1.54) is 0 Å². The third-order valence-corrected chi connectivity index (χ3v) is 4.18. The van der Waals surface area contributed by atoms with Gasteiger partial charge in [0.25, 0.3) is 0 Å². The summed E-state index contributed by atoms with van der Waals surface area (Å²) in [4.78, 5) is 4.51. The number of para-hydroxylation sites is 1. The van der Waals surface area contributed by atoms with Gasteiger partial charge in [0.1, 0.15) is 11.4 Å². The number of aromatic nitrogens is 2. The highest BCUT2D eigenvalue weighted by atomic mass is 16.5. The number of benzene rings is 1. The lowest BCUT2D eigenvalue weighted by atomic mass is 10.0. The van der Waals surface area contributed by atoms with Gasteiger partial charge in [-0.05, 0) is 38.8 Å². The van der Waals surface area contributed by atoms with E-state index < -0.39 is 5.60 Å². The molecule has 0 radical (unpaired) electrons. The number of hydrogen-bond donors (Lipinski definition) is 3. The van der Waals surface area contributed by atoms with Crippen molar-refractivity contribution in [3.8, 4) is 5.75 Å². The van der Waals surface area contributed by atoms with Crippen LogP contribution in [0.1, 0.15) is 31.4 Å². The molecule has 2 aromatic rings. The lowest BCUT2D eigenvalue weighted by molar-refractivity contribution is 0.0672. The van der Waals surface area contributed by atoms with Crippen LogP contribution in [0.25, 0.3) is 0 Å². The van der Waals surface area contributed by atoms with Crippen LogP contribution in [0.2, 0.25) is 0 Å². The van der Waals surface area contributed by atoms with Crippen LogP contribution >= 0.6 is 0 Å². The Labute approximate surface area is 161 Å². The van der Waals surface area contributed by atoms with Crippen LogP contribution in [0.4, 0.5) is 0 Å². The summed E-state index contributed by atoms with van der Waals surface area (Å²) in [6.07, 6.45) is 4.31. The molecule has 0 bridgehead atoms. The van der Waals surface area contributed by atoms with Crippen molar-refractivity contribution < 1.29 is 9.84 Å². The lowest BCUT2D eigenvalue weighted by Crippen LogP contribution is -2.39. The van der Waals surface area contributed by atoms with E-state index in [4.69, 9.17) is 4.74 Å². The van der Waals surface area contributed by atoms with E-state index in [1.807, 2.05) is 45.2 Å². The first-order valence-corrected chi connectivity index (χ1v) is 9.34. The van der Waals surface area contributed by atoms with Crippen molar-refractivity contribution >= 4 is 5.96 Å². The first-order valence-electron chi connectivity index (χ1n) is 9.34. The Morgan fingerprint density at radius 2 is 2.11 bits per heavy atom. The van der Waals surface area contributed by atoms with E-state index in [-0.39, 0.29) is 6.54 Å². The monoisotopic (exact) mass is 373 g/mol. The Morgan fingerprint density at radius 1 is 1.33 bits per heavy atom. The Balaban J connectivity index is 1.80.